The van der Waals surface area contributed by atoms with Crippen LogP contribution in [-0.4, -0.2) is 63.7 Å². The van der Waals surface area contributed by atoms with Crippen molar-refractivity contribution in [1.29, 1.82) is 0 Å². The molecule has 2 aromatic rings. The van der Waals surface area contributed by atoms with Gasteiger partial charge in [0.05, 0.1) is 33.8 Å². The van der Waals surface area contributed by atoms with Gasteiger partial charge < -0.3 is 24.8 Å². The van der Waals surface area contributed by atoms with Crippen molar-refractivity contribution in [3.63, 3.8) is 0 Å². The molecule has 32 heavy (non-hydrogen) atoms. The molecular weight excluding hydrogens is 410 g/mol. The lowest BCUT2D eigenvalue weighted by molar-refractivity contribution is -0.134. The highest BCUT2D eigenvalue weighted by atomic mass is 16.5. The predicted molar refractivity (Wildman–Crippen MR) is 121 cm³/mol. The highest BCUT2D eigenvalue weighted by molar-refractivity contribution is 5.88. The lowest BCUT2D eigenvalue weighted by atomic mass is 10.1. The van der Waals surface area contributed by atoms with Gasteiger partial charge in [-0.15, -0.1) is 0 Å². The van der Waals surface area contributed by atoms with E-state index in [0.29, 0.717) is 44.1 Å². The van der Waals surface area contributed by atoms with Crippen LogP contribution in [0.15, 0.2) is 42.5 Å². The molecule has 2 aromatic carbocycles. The molecule has 0 aliphatic carbocycles. The van der Waals surface area contributed by atoms with Crippen molar-refractivity contribution in [3.8, 4) is 17.2 Å². The number of hydrogen-bond acceptors (Lipinski definition) is 6. The first-order valence-electron chi connectivity index (χ1n) is 10.7. The average Bonchev–Trinajstić information content (AvgIpc) is 2.81. The molecule has 1 atom stereocenters. The Kier molecular flexibility index (Phi) is 8.33. The standard InChI is InChI=1S/C24H31N3O5/c1-30-19-6-4-17(5-7-19)8-9-25-23(28)15-22-24(29)26-10-11-27(22)16-18-12-20(31-2)14-21(13-18)32-3/h4-7,12-14,22H,8-11,15-16H2,1-3H3,(H,25,28)(H,26,29). The summed E-state index contributed by atoms with van der Waals surface area (Å²) in [6, 6.07) is 12.9. The van der Waals surface area contributed by atoms with Crippen molar-refractivity contribution in [1.82, 2.24) is 15.5 Å². The topological polar surface area (TPSA) is 89.1 Å². The van der Waals surface area contributed by atoms with E-state index in [1.54, 1.807) is 27.4 Å². The molecule has 1 heterocycles. The number of amides is 2. The lowest BCUT2D eigenvalue weighted by Gasteiger charge is -2.34. The molecule has 1 aliphatic rings. The maximum atomic E-state index is 12.6. The van der Waals surface area contributed by atoms with Gasteiger partial charge in [-0.3, -0.25) is 14.5 Å². The largest absolute Gasteiger partial charge is 0.497 e. The fraction of sp³-hybridized carbons (Fsp3) is 0.417. The van der Waals surface area contributed by atoms with Crippen molar-refractivity contribution in [2.45, 2.75) is 25.4 Å². The highest BCUT2D eigenvalue weighted by Gasteiger charge is 2.31. The van der Waals surface area contributed by atoms with Gasteiger partial charge in [-0.2, -0.15) is 0 Å². The minimum atomic E-state index is -0.526. The van der Waals surface area contributed by atoms with Crippen LogP contribution in [0.25, 0.3) is 0 Å². The SMILES string of the molecule is COc1ccc(CCNC(=O)CC2C(=O)NCCN2Cc2cc(OC)cc(OC)c2)cc1. The summed E-state index contributed by atoms with van der Waals surface area (Å²) >= 11 is 0. The third kappa shape index (κ3) is 6.37. The quantitative estimate of drug-likeness (QED) is 0.584. The molecule has 0 spiro atoms. The molecule has 1 fully saturated rings. The molecule has 0 radical (unpaired) electrons. The number of nitrogens with one attached hydrogen (secondary N) is 2. The van der Waals surface area contributed by atoms with Gasteiger partial charge in [0.25, 0.3) is 0 Å². The van der Waals surface area contributed by atoms with E-state index in [-0.39, 0.29) is 18.2 Å². The molecular formula is C24H31N3O5. The molecule has 3 rings (SSSR count). The normalized spacial score (nSPS) is 16.2. The maximum Gasteiger partial charge on any atom is 0.237 e. The van der Waals surface area contributed by atoms with E-state index in [1.807, 2.05) is 41.3 Å². The third-order valence-electron chi connectivity index (χ3n) is 5.51. The first kappa shape index (κ1) is 23.4. The fourth-order valence-electron chi connectivity index (χ4n) is 3.75. The number of carbonyl (C=O) groups excluding carboxylic acids is 2. The van der Waals surface area contributed by atoms with Gasteiger partial charge >= 0.3 is 0 Å². The second kappa shape index (κ2) is 11.4. The minimum Gasteiger partial charge on any atom is -0.497 e. The van der Waals surface area contributed by atoms with E-state index in [9.17, 15) is 9.59 Å². The van der Waals surface area contributed by atoms with Crippen LogP contribution < -0.4 is 24.8 Å². The summed E-state index contributed by atoms with van der Waals surface area (Å²) in [6.45, 7) is 2.24. The van der Waals surface area contributed by atoms with E-state index < -0.39 is 6.04 Å². The van der Waals surface area contributed by atoms with Gasteiger partial charge in [-0.05, 0) is 41.8 Å². The van der Waals surface area contributed by atoms with Gasteiger partial charge in [0.15, 0.2) is 0 Å². The van der Waals surface area contributed by atoms with E-state index in [2.05, 4.69) is 10.6 Å². The zero-order valence-corrected chi connectivity index (χ0v) is 18.8. The van der Waals surface area contributed by atoms with Crippen LogP contribution in [0.1, 0.15) is 17.5 Å². The van der Waals surface area contributed by atoms with E-state index in [0.717, 1.165) is 16.9 Å². The fourth-order valence-corrected chi connectivity index (χ4v) is 3.75. The summed E-state index contributed by atoms with van der Waals surface area (Å²) < 4.78 is 15.8. The van der Waals surface area contributed by atoms with Crippen LogP contribution in [-0.2, 0) is 22.6 Å². The van der Waals surface area contributed by atoms with Gasteiger partial charge in [-0.25, -0.2) is 0 Å². The number of benzene rings is 2. The molecule has 1 unspecified atom stereocenters. The van der Waals surface area contributed by atoms with E-state index in [1.165, 1.54) is 0 Å². The first-order valence-corrected chi connectivity index (χ1v) is 10.7. The molecule has 172 valence electrons. The summed E-state index contributed by atoms with van der Waals surface area (Å²) in [7, 11) is 4.84. The molecule has 2 amide bonds. The summed E-state index contributed by atoms with van der Waals surface area (Å²) in [5, 5.41) is 5.80. The van der Waals surface area contributed by atoms with Gasteiger partial charge in [0, 0.05) is 32.2 Å². The third-order valence-corrected chi connectivity index (χ3v) is 5.51. The predicted octanol–water partition coefficient (Wildman–Crippen LogP) is 1.76. The Balaban J connectivity index is 1.57. The van der Waals surface area contributed by atoms with E-state index in [4.69, 9.17) is 14.2 Å². The Morgan fingerprint density at radius 1 is 1.00 bits per heavy atom. The molecule has 1 aliphatic heterocycles. The molecule has 0 aromatic heterocycles. The van der Waals surface area contributed by atoms with E-state index >= 15 is 0 Å². The number of carbonyl (C=O) groups is 2. The van der Waals surface area contributed by atoms with Crippen LogP contribution in [0.5, 0.6) is 17.2 Å². The van der Waals surface area contributed by atoms with Crippen LogP contribution in [0.2, 0.25) is 0 Å². The van der Waals surface area contributed by atoms with Gasteiger partial charge in [0.2, 0.25) is 11.8 Å². The van der Waals surface area contributed by atoms with Crippen molar-refractivity contribution >= 4 is 11.8 Å². The molecule has 0 bridgehead atoms. The van der Waals surface area contributed by atoms with Crippen LogP contribution in [0.4, 0.5) is 0 Å². The smallest absolute Gasteiger partial charge is 0.237 e. The summed E-state index contributed by atoms with van der Waals surface area (Å²) in [6.07, 6.45) is 0.815. The average molecular weight is 442 g/mol. The van der Waals surface area contributed by atoms with Crippen molar-refractivity contribution in [3.05, 3.63) is 53.6 Å². The summed E-state index contributed by atoms with van der Waals surface area (Å²) in [4.78, 5) is 27.1. The monoisotopic (exact) mass is 441 g/mol. The number of rotatable bonds is 10. The number of nitrogens with zero attached hydrogens (tertiary/aromatic N) is 1. The molecule has 1 saturated heterocycles. The number of methoxy groups -OCH3 is 3. The first-order chi connectivity index (χ1) is 15.5. The maximum absolute atomic E-state index is 12.6. The Morgan fingerprint density at radius 3 is 2.28 bits per heavy atom. The number of hydrogen-bond donors (Lipinski definition) is 2. The van der Waals surface area contributed by atoms with Crippen LogP contribution >= 0.6 is 0 Å². The molecule has 2 N–H and O–H groups in total. The Bertz CT molecular complexity index is 894. The number of ether oxygens (including phenoxy) is 3. The van der Waals surface area contributed by atoms with Crippen molar-refractivity contribution in [2.24, 2.45) is 0 Å². The highest BCUT2D eigenvalue weighted by Crippen LogP contribution is 2.24. The Morgan fingerprint density at radius 2 is 1.66 bits per heavy atom. The number of piperazine rings is 1. The van der Waals surface area contributed by atoms with Crippen LogP contribution in [0, 0.1) is 0 Å². The Hall–Kier alpha value is -3.26. The Labute approximate surface area is 188 Å². The van der Waals surface area contributed by atoms with Crippen molar-refractivity contribution in [2.75, 3.05) is 41.0 Å². The van der Waals surface area contributed by atoms with Gasteiger partial charge in [0.1, 0.15) is 17.2 Å². The summed E-state index contributed by atoms with van der Waals surface area (Å²) in [5.41, 5.74) is 2.07. The minimum absolute atomic E-state index is 0.107. The molecule has 8 heteroatoms. The van der Waals surface area contributed by atoms with Crippen molar-refractivity contribution < 1.29 is 23.8 Å². The second-order valence-electron chi connectivity index (χ2n) is 7.65. The zero-order chi connectivity index (χ0) is 22.9. The lowest BCUT2D eigenvalue weighted by Crippen LogP contribution is -2.56. The summed E-state index contributed by atoms with van der Waals surface area (Å²) in [5.74, 6) is 1.90. The zero-order valence-electron chi connectivity index (χ0n) is 18.8. The second-order valence-corrected chi connectivity index (χ2v) is 7.65. The van der Waals surface area contributed by atoms with Gasteiger partial charge in [-0.1, -0.05) is 12.1 Å². The van der Waals surface area contributed by atoms with Crippen LogP contribution in [0.3, 0.4) is 0 Å². The molecule has 8 nitrogen and oxygen atoms in total. The molecule has 0 saturated carbocycles.